The third kappa shape index (κ3) is 3.09. The van der Waals surface area contributed by atoms with Crippen LogP contribution in [0.25, 0.3) is 0 Å². The Balaban J connectivity index is 2.40. The van der Waals surface area contributed by atoms with Gasteiger partial charge < -0.3 is 9.84 Å². The first-order valence-corrected chi connectivity index (χ1v) is 8.10. The third-order valence-corrected chi connectivity index (χ3v) is 4.95. The topological polar surface area (TPSA) is 111 Å². The summed E-state index contributed by atoms with van der Waals surface area (Å²) in [5.41, 5.74) is 1.18. The van der Waals surface area contributed by atoms with Crippen molar-refractivity contribution < 1.29 is 23.1 Å². The predicted octanol–water partition coefficient (Wildman–Crippen LogP) is -0.120. The van der Waals surface area contributed by atoms with Crippen molar-refractivity contribution >= 4 is 16.0 Å². The van der Waals surface area contributed by atoms with Gasteiger partial charge in [0.25, 0.3) is 10.0 Å². The lowest BCUT2D eigenvalue weighted by Gasteiger charge is -2.19. The summed E-state index contributed by atoms with van der Waals surface area (Å²) in [5.74, 6) is -1.58. The fraction of sp³-hybridized carbons (Fsp3) is 0.667. The number of sulfonamides is 1. The zero-order valence-corrected chi connectivity index (χ0v) is 13.0. The second-order valence-corrected chi connectivity index (χ2v) is 6.97. The van der Waals surface area contributed by atoms with Gasteiger partial charge in [0, 0.05) is 19.0 Å². The molecular formula is C12H19N3O5S. The lowest BCUT2D eigenvalue weighted by atomic mass is 10.1. The quantitative estimate of drug-likeness (QED) is 0.783. The molecule has 1 atom stereocenters. The van der Waals surface area contributed by atoms with Crippen molar-refractivity contribution in [2.24, 2.45) is 13.0 Å². The number of rotatable bonds is 5. The van der Waals surface area contributed by atoms with Gasteiger partial charge >= 0.3 is 5.97 Å². The Morgan fingerprint density at radius 2 is 2.14 bits per heavy atom. The maximum absolute atomic E-state index is 12.5. The van der Waals surface area contributed by atoms with Crippen LogP contribution < -0.4 is 4.72 Å². The molecule has 0 unspecified atom stereocenters. The summed E-state index contributed by atoms with van der Waals surface area (Å²) in [6.45, 7) is 3.95. The minimum atomic E-state index is -3.99. The maximum atomic E-state index is 12.5. The Bertz CT molecular complexity index is 650. The number of fused-ring (bicyclic) bond motifs is 1. The molecular weight excluding hydrogens is 298 g/mol. The van der Waals surface area contributed by atoms with Crippen LogP contribution in [0, 0.1) is 5.92 Å². The smallest absolute Gasteiger partial charge is 0.322 e. The minimum Gasteiger partial charge on any atom is -0.480 e. The number of nitrogens with zero attached hydrogens (tertiary/aromatic N) is 2. The lowest BCUT2D eigenvalue weighted by molar-refractivity contribution is -0.140. The van der Waals surface area contributed by atoms with E-state index < -0.39 is 22.0 Å². The monoisotopic (exact) mass is 317 g/mol. The molecule has 9 heteroatoms. The first-order chi connectivity index (χ1) is 9.74. The molecule has 1 aromatic rings. The summed E-state index contributed by atoms with van der Waals surface area (Å²) in [7, 11) is -2.46. The molecule has 0 spiro atoms. The molecule has 2 heterocycles. The van der Waals surface area contributed by atoms with Crippen molar-refractivity contribution in [1.29, 1.82) is 0 Å². The molecule has 118 valence electrons. The van der Waals surface area contributed by atoms with Gasteiger partial charge in [-0.3, -0.25) is 9.48 Å². The van der Waals surface area contributed by atoms with Gasteiger partial charge in [0.1, 0.15) is 6.04 Å². The highest BCUT2D eigenvalue weighted by Crippen LogP contribution is 2.24. The van der Waals surface area contributed by atoms with Crippen LogP contribution in [0.2, 0.25) is 0 Å². The highest BCUT2D eigenvalue weighted by Gasteiger charge is 2.33. The van der Waals surface area contributed by atoms with E-state index in [-0.39, 0.29) is 17.6 Å². The van der Waals surface area contributed by atoms with Crippen LogP contribution in [0.15, 0.2) is 5.03 Å². The van der Waals surface area contributed by atoms with E-state index in [4.69, 9.17) is 9.84 Å². The summed E-state index contributed by atoms with van der Waals surface area (Å²) in [4.78, 5) is 11.2. The van der Waals surface area contributed by atoms with E-state index in [1.807, 2.05) is 0 Å². The number of hydrogen-bond acceptors (Lipinski definition) is 5. The van der Waals surface area contributed by atoms with E-state index in [9.17, 15) is 13.2 Å². The van der Waals surface area contributed by atoms with Crippen LogP contribution in [-0.2, 0) is 39.6 Å². The number of aromatic nitrogens is 2. The van der Waals surface area contributed by atoms with Crippen LogP contribution in [0.3, 0.4) is 0 Å². The summed E-state index contributed by atoms with van der Waals surface area (Å²) in [6, 6.07) is -1.19. The second kappa shape index (κ2) is 5.74. The number of hydrogen-bond donors (Lipinski definition) is 2. The van der Waals surface area contributed by atoms with Crippen molar-refractivity contribution in [2.75, 3.05) is 6.61 Å². The van der Waals surface area contributed by atoms with Crippen molar-refractivity contribution in [3.05, 3.63) is 11.3 Å². The van der Waals surface area contributed by atoms with E-state index >= 15 is 0 Å². The normalized spacial score (nSPS) is 16.8. The second-order valence-electron chi connectivity index (χ2n) is 5.34. The molecule has 0 fully saturated rings. The van der Waals surface area contributed by atoms with Gasteiger partial charge in [0.05, 0.1) is 18.9 Å². The van der Waals surface area contributed by atoms with E-state index in [0.29, 0.717) is 24.3 Å². The number of nitrogens with one attached hydrogen (secondary N) is 1. The summed E-state index contributed by atoms with van der Waals surface area (Å²) >= 11 is 0. The molecule has 0 radical (unpaired) electrons. The average molecular weight is 317 g/mol. The zero-order chi connectivity index (χ0) is 15.8. The van der Waals surface area contributed by atoms with E-state index in [2.05, 4.69) is 9.82 Å². The first-order valence-electron chi connectivity index (χ1n) is 6.61. The molecule has 2 rings (SSSR count). The SMILES string of the molecule is CC(C)[C@@H](NS(=O)(=O)c1c2c(nn1C)CCOC2)C(=O)O. The maximum Gasteiger partial charge on any atom is 0.322 e. The fourth-order valence-electron chi connectivity index (χ4n) is 2.33. The fourth-order valence-corrected chi connectivity index (χ4v) is 4.03. The molecule has 0 bridgehead atoms. The molecule has 0 saturated carbocycles. The van der Waals surface area contributed by atoms with Gasteiger partial charge in [-0.1, -0.05) is 13.8 Å². The van der Waals surface area contributed by atoms with E-state index in [0.717, 1.165) is 0 Å². The lowest BCUT2D eigenvalue weighted by Crippen LogP contribution is -2.44. The highest BCUT2D eigenvalue weighted by atomic mass is 32.2. The Morgan fingerprint density at radius 1 is 1.48 bits per heavy atom. The molecule has 0 aliphatic carbocycles. The Morgan fingerprint density at radius 3 is 2.71 bits per heavy atom. The number of aryl methyl sites for hydroxylation is 1. The van der Waals surface area contributed by atoms with E-state index in [1.165, 1.54) is 11.7 Å². The van der Waals surface area contributed by atoms with Crippen LogP contribution in [0.4, 0.5) is 0 Å². The number of aliphatic carboxylic acids is 1. The van der Waals surface area contributed by atoms with Gasteiger partial charge in [0.15, 0.2) is 5.03 Å². The van der Waals surface area contributed by atoms with Gasteiger partial charge in [-0.2, -0.15) is 9.82 Å². The molecule has 1 aromatic heterocycles. The van der Waals surface area contributed by atoms with Crippen LogP contribution >= 0.6 is 0 Å². The van der Waals surface area contributed by atoms with Crippen molar-refractivity contribution in [3.63, 3.8) is 0 Å². The van der Waals surface area contributed by atoms with Gasteiger partial charge in [-0.15, -0.1) is 0 Å². The van der Waals surface area contributed by atoms with Crippen LogP contribution in [-0.4, -0.2) is 41.9 Å². The largest absolute Gasteiger partial charge is 0.480 e. The number of ether oxygens (including phenoxy) is 1. The number of carbonyl (C=O) groups is 1. The van der Waals surface area contributed by atoms with Gasteiger partial charge in [-0.25, -0.2) is 8.42 Å². The van der Waals surface area contributed by atoms with Crippen LogP contribution in [0.5, 0.6) is 0 Å². The third-order valence-electron chi connectivity index (χ3n) is 3.37. The molecule has 0 saturated heterocycles. The van der Waals surface area contributed by atoms with Gasteiger partial charge in [0.2, 0.25) is 0 Å². The summed E-state index contributed by atoms with van der Waals surface area (Å²) in [5, 5.41) is 13.3. The van der Waals surface area contributed by atoms with Crippen molar-refractivity contribution in [2.45, 2.75) is 37.9 Å². The standard InChI is InChI=1S/C12H19N3O5S/c1-7(2)10(12(16)17)14-21(18,19)11-8-6-20-5-4-9(8)13-15(11)3/h7,10,14H,4-6H2,1-3H3,(H,16,17)/t10-/m1/s1. The molecule has 1 aliphatic heterocycles. The van der Waals surface area contributed by atoms with E-state index in [1.54, 1.807) is 13.8 Å². The van der Waals surface area contributed by atoms with Crippen molar-refractivity contribution in [1.82, 2.24) is 14.5 Å². The summed E-state index contributed by atoms with van der Waals surface area (Å²) < 4.78 is 33.8. The molecule has 2 N–H and O–H groups in total. The van der Waals surface area contributed by atoms with Gasteiger partial charge in [-0.05, 0) is 5.92 Å². The zero-order valence-electron chi connectivity index (χ0n) is 12.2. The van der Waals surface area contributed by atoms with Crippen LogP contribution in [0.1, 0.15) is 25.1 Å². The predicted molar refractivity (Wildman–Crippen MR) is 73.2 cm³/mol. The number of carboxylic acid groups (broad SMARTS) is 1. The Hall–Kier alpha value is -1.45. The molecule has 0 amide bonds. The molecule has 21 heavy (non-hydrogen) atoms. The highest BCUT2D eigenvalue weighted by molar-refractivity contribution is 7.89. The minimum absolute atomic E-state index is 0.0240. The first kappa shape index (κ1) is 15.9. The number of carboxylic acids is 1. The Labute approximate surface area is 123 Å². The van der Waals surface area contributed by atoms with Crippen molar-refractivity contribution in [3.8, 4) is 0 Å². The summed E-state index contributed by atoms with van der Waals surface area (Å²) in [6.07, 6.45) is 0.547. The molecule has 0 aromatic carbocycles. The average Bonchev–Trinajstić information content (AvgIpc) is 2.71. The molecule has 8 nitrogen and oxygen atoms in total. The Kier molecular flexibility index (Phi) is 4.35. The molecule has 1 aliphatic rings.